The first kappa shape index (κ1) is 15.5. The highest BCUT2D eigenvalue weighted by atomic mass is 32.2. The number of sulfonamides is 1. The fourth-order valence-electron chi connectivity index (χ4n) is 1.45. The molecule has 6 nitrogen and oxygen atoms in total. The molecule has 0 radical (unpaired) electrons. The van der Waals surface area contributed by atoms with Crippen LogP contribution in [0, 0.1) is 6.92 Å². The van der Waals surface area contributed by atoms with Crippen molar-refractivity contribution < 1.29 is 13.2 Å². The van der Waals surface area contributed by atoms with Crippen LogP contribution in [0.15, 0.2) is 23.1 Å². The summed E-state index contributed by atoms with van der Waals surface area (Å²) in [5.74, 6) is -0.285. The number of likely N-dealkylation sites (N-methyl/N-ethyl adjacent to an activating group) is 1. The first-order chi connectivity index (χ1) is 8.77. The Balaban J connectivity index is 2.88. The second kappa shape index (κ2) is 6.03. The minimum Gasteiger partial charge on any atom is -0.399 e. The van der Waals surface area contributed by atoms with E-state index in [9.17, 15) is 13.2 Å². The number of nitrogens with two attached hydrogens (primary N) is 1. The van der Waals surface area contributed by atoms with Crippen molar-refractivity contribution in [3.8, 4) is 0 Å². The van der Waals surface area contributed by atoms with Crippen molar-refractivity contribution in [3.05, 3.63) is 23.8 Å². The molecule has 0 fully saturated rings. The molecule has 0 atom stereocenters. The number of nitrogens with zero attached hydrogens (tertiary/aromatic N) is 1. The van der Waals surface area contributed by atoms with Crippen molar-refractivity contribution in [1.29, 1.82) is 0 Å². The van der Waals surface area contributed by atoms with Crippen molar-refractivity contribution in [3.63, 3.8) is 0 Å². The van der Waals surface area contributed by atoms with E-state index in [2.05, 4.69) is 4.72 Å². The summed E-state index contributed by atoms with van der Waals surface area (Å²) in [6, 6.07) is 4.64. The van der Waals surface area contributed by atoms with E-state index in [0.29, 0.717) is 17.8 Å². The predicted molar refractivity (Wildman–Crippen MR) is 74.1 cm³/mol. The highest BCUT2D eigenvalue weighted by Crippen LogP contribution is 2.17. The van der Waals surface area contributed by atoms with Gasteiger partial charge in [0.25, 0.3) is 0 Å². The number of hydrogen-bond acceptors (Lipinski definition) is 4. The lowest BCUT2D eigenvalue weighted by atomic mass is 10.2. The molecular weight excluding hydrogens is 266 g/mol. The van der Waals surface area contributed by atoms with Crippen molar-refractivity contribution in [2.75, 3.05) is 25.9 Å². The van der Waals surface area contributed by atoms with Crippen LogP contribution in [0.4, 0.5) is 5.69 Å². The second-order valence-corrected chi connectivity index (χ2v) is 5.99. The molecule has 1 amide bonds. The minimum absolute atomic E-state index is 0.0967. The Kier molecular flexibility index (Phi) is 4.90. The van der Waals surface area contributed by atoms with Gasteiger partial charge in [-0.1, -0.05) is 6.07 Å². The Morgan fingerprint density at radius 3 is 2.63 bits per heavy atom. The summed E-state index contributed by atoms with van der Waals surface area (Å²) in [4.78, 5) is 13.1. The van der Waals surface area contributed by atoms with E-state index < -0.39 is 10.0 Å². The number of aryl methyl sites for hydroxylation is 1. The third-order valence-electron chi connectivity index (χ3n) is 2.82. The molecule has 0 aliphatic heterocycles. The Labute approximate surface area is 113 Å². The van der Waals surface area contributed by atoms with Crippen LogP contribution >= 0.6 is 0 Å². The molecule has 0 saturated heterocycles. The number of hydrogen-bond donors (Lipinski definition) is 2. The fraction of sp³-hybridized carbons (Fsp3) is 0.417. The molecule has 0 aromatic heterocycles. The van der Waals surface area contributed by atoms with Gasteiger partial charge in [0, 0.05) is 19.3 Å². The van der Waals surface area contributed by atoms with Crippen molar-refractivity contribution in [2.45, 2.75) is 18.7 Å². The fourth-order valence-corrected chi connectivity index (χ4v) is 2.70. The van der Waals surface area contributed by atoms with Gasteiger partial charge in [-0.15, -0.1) is 0 Å². The largest absolute Gasteiger partial charge is 0.399 e. The normalized spacial score (nSPS) is 11.3. The molecule has 0 heterocycles. The van der Waals surface area contributed by atoms with E-state index in [1.807, 2.05) is 6.92 Å². The zero-order chi connectivity index (χ0) is 14.6. The maximum Gasteiger partial charge on any atom is 0.241 e. The number of rotatable bonds is 5. The molecule has 0 aliphatic carbocycles. The van der Waals surface area contributed by atoms with E-state index in [4.69, 9.17) is 5.73 Å². The molecule has 0 aliphatic rings. The summed E-state index contributed by atoms with van der Waals surface area (Å²) >= 11 is 0. The molecular formula is C12H19N3O3S. The van der Waals surface area contributed by atoms with E-state index >= 15 is 0 Å². The summed E-state index contributed by atoms with van der Waals surface area (Å²) in [5.41, 5.74) is 6.53. The van der Waals surface area contributed by atoms with Crippen molar-refractivity contribution >= 4 is 21.6 Å². The van der Waals surface area contributed by atoms with Gasteiger partial charge in [0.2, 0.25) is 15.9 Å². The molecule has 3 N–H and O–H groups in total. The van der Waals surface area contributed by atoms with E-state index in [0.717, 1.165) is 0 Å². The standard InChI is InChI=1S/C12H19N3O3S/c1-4-15(3)12(16)8-14-19(17,18)11-7-10(13)6-5-9(11)2/h5-7,14H,4,8,13H2,1-3H3. The lowest BCUT2D eigenvalue weighted by Crippen LogP contribution is -2.38. The van der Waals surface area contributed by atoms with Crippen LogP contribution in [0.25, 0.3) is 0 Å². The topological polar surface area (TPSA) is 92.5 Å². The summed E-state index contributed by atoms with van der Waals surface area (Å²) in [6.07, 6.45) is 0. The minimum atomic E-state index is -3.73. The van der Waals surface area contributed by atoms with Gasteiger partial charge in [-0.2, -0.15) is 0 Å². The average Bonchev–Trinajstić information content (AvgIpc) is 2.37. The van der Waals surface area contributed by atoms with E-state index in [1.165, 1.54) is 11.0 Å². The van der Waals surface area contributed by atoms with Crippen LogP contribution in [0.2, 0.25) is 0 Å². The molecule has 1 aromatic rings. The van der Waals surface area contributed by atoms with Crippen molar-refractivity contribution in [2.24, 2.45) is 0 Å². The highest BCUT2D eigenvalue weighted by Gasteiger charge is 2.19. The van der Waals surface area contributed by atoms with Crippen LogP contribution in [-0.4, -0.2) is 39.4 Å². The molecule has 0 bridgehead atoms. The summed E-state index contributed by atoms with van der Waals surface area (Å²) in [7, 11) is -2.11. The number of anilines is 1. The van der Waals surface area contributed by atoms with Crippen LogP contribution in [0.1, 0.15) is 12.5 Å². The first-order valence-electron chi connectivity index (χ1n) is 5.87. The SMILES string of the molecule is CCN(C)C(=O)CNS(=O)(=O)c1cc(N)ccc1C. The Hall–Kier alpha value is -1.60. The summed E-state index contributed by atoms with van der Waals surface area (Å²) in [5, 5.41) is 0. The molecule has 7 heteroatoms. The molecule has 0 spiro atoms. The van der Waals surface area contributed by atoms with Gasteiger partial charge >= 0.3 is 0 Å². The molecule has 0 saturated carbocycles. The Morgan fingerprint density at radius 2 is 2.05 bits per heavy atom. The molecule has 1 rings (SSSR count). The van der Waals surface area contributed by atoms with Gasteiger partial charge in [0.15, 0.2) is 0 Å². The number of amides is 1. The van der Waals surface area contributed by atoms with Crippen LogP contribution < -0.4 is 10.5 Å². The molecule has 19 heavy (non-hydrogen) atoms. The number of carbonyl (C=O) groups is 1. The Bertz CT molecular complexity index is 570. The molecule has 0 unspecified atom stereocenters. The lowest BCUT2D eigenvalue weighted by Gasteiger charge is -2.15. The van der Waals surface area contributed by atoms with Gasteiger partial charge in [-0.05, 0) is 31.5 Å². The third kappa shape index (κ3) is 3.93. The second-order valence-electron chi connectivity index (χ2n) is 4.26. The summed E-state index contributed by atoms with van der Waals surface area (Å²) in [6.45, 7) is 3.75. The Morgan fingerprint density at radius 1 is 1.42 bits per heavy atom. The number of nitrogen functional groups attached to an aromatic ring is 1. The first-order valence-corrected chi connectivity index (χ1v) is 7.36. The van der Waals surface area contributed by atoms with E-state index in [1.54, 1.807) is 26.1 Å². The number of carbonyl (C=O) groups excluding carboxylic acids is 1. The smallest absolute Gasteiger partial charge is 0.241 e. The lowest BCUT2D eigenvalue weighted by molar-refractivity contribution is -0.128. The third-order valence-corrected chi connectivity index (χ3v) is 4.36. The number of nitrogens with one attached hydrogen (secondary N) is 1. The number of benzene rings is 1. The van der Waals surface area contributed by atoms with Gasteiger partial charge in [0.05, 0.1) is 11.4 Å². The van der Waals surface area contributed by atoms with Gasteiger partial charge in [0.1, 0.15) is 0 Å². The monoisotopic (exact) mass is 285 g/mol. The maximum atomic E-state index is 12.1. The van der Waals surface area contributed by atoms with Crippen LogP contribution in [0.5, 0.6) is 0 Å². The zero-order valence-electron chi connectivity index (χ0n) is 11.3. The summed E-state index contributed by atoms with van der Waals surface area (Å²) < 4.78 is 26.5. The van der Waals surface area contributed by atoms with Gasteiger partial charge in [-0.3, -0.25) is 4.79 Å². The average molecular weight is 285 g/mol. The quantitative estimate of drug-likeness (QED) is 0.763. The van der Waals surface area contributed by atoms with Crippen LogP contribution in [-0.2, 0) is 14.8 Å². The van der Waals surface area contributed by atoms with Crippen LogP contribution in [0.3, 0.4) is 0 Å². The maximum absolute atomic E-state index is 12.1. The van der Waals surface area contributed by atoms with Gasteiger partial charge in [-0.25, -0.2) is 13.1 Å². The van der Waals surface area contributed by atoms with E-state index in [-0.39, 0.29) is 17.3 Å². The highest BCUT2D eigenvalue weighted by molar-refractivity contribution is 7.89. The molecule has 106 valence electrons. The molecule has 1 aromatic carbocycles. The zero-order valence-corrected chi connectivity index (χ0v) is 12.1. The van der Waals surface area contributed by atoms with Crippen molar-refractivity contribution in [1.82, 2.24) is 9.62 Å². The predicted octanol–water partition coefficient (Wildman–Crippen LogP) is 0.334. The van der Waals surface area contributed by atoms with Gasteiger partial charge < -0.3 is 10.6 Å².